The van der Waals surface area contributed by atoms with Gasteiger partial charge in [0.25, 0.3) is 5.56 Å². The van der Waals surface area contributed by atoms with E-state index in [1.54, 1.807) is 0 Å². The van der Waals surface area contributed by atoms with Crippen LogP contribution in [0.3, 0.4) is 0 Å². The molecule has 22 heavy (non-hydrogen) atoms. The highest BCUT2D eigenvalue weighted by molar-refractivity contribution is 5.84. The predicted octanol–water partition coefficient (Wildman–Crippen LogP) is 2.67. The standard InChI is InChI=1S/C17H18N2O3/c20-14(21)5-10-6-17(7-10)8-11(9-17)15-12-3-1-2-4-13(12)16(22)19-18-15/h1-4,10-11H,5-9H2,(H,19,22)(H,20,21). The van der Waals surface area contributed by atoms with Crippen LogP contribution in [0.5, 0.6) is 0 Å². The molecule has 2 aliphatic carbocycles. The first-order valence-corrected chi connectivity index (χ1v) is 7.75. The molecule has 0 saturated heterocycles. The van der Waals surface area contributed by atoms with Crippen molar-refractivity contribution in [3.05, 3.63) is 40.3 Å². The fourth-order valence-corrected chi connectivity index (χ4v) is 4.52. The van der Waals surface area contributed by atoms with Crippen LogP contribution in [0.4, 0.5) is 0 Å². The number of fused-ring (bicyclic) bond motifs is 1. The monoisotopic (exact) mass is 298 g/mol. The summed E-state index contributed by atoms with van der Waals surface area (Å²) in [7, 11) is 0. The van der Waals surface area contributed by atoms with Crippen molar-refractivity contribution in [3.63, 3.8) is 0 Å². The Balaban J connectivity index is 1.52. The van der Waals surface area contributed by atoms with Crippen molar-refractivity contribution in [1.82, 2.24) is 10.2 Å². The smallest absolute Gasteiger partial charge is 0.303 e. The Labute approximate surface area is 127 Å². The zero-order valence-corrected chi connectivity index (χ0v) is 12.2. The van der Waals surface area contributed by atoms with Crippen LogP contribution in [0.1, 0.15) is 43.7 Å². The third kappa shape index (κ3) is 2.03. The molecule has 1 aromatic carbocycles. The number of hydrogen-bond donors (Lipinski definition) is 2. The van der Waals surface area contributed by atoms with E-state index in [4.69, 9.17) is 5.11 Å². The van der Waals surface area contributed by atoms with Gasteiger partial charge in [0.15, 0.2) is 0 Å². The molecule has 2 fully saturated rings. The van der Waals surface area contributed by atoms with Gasteiger partial charge < -0.3 is 5.11 Å². The van der Waals surface area contributed by atoms with Gasteiger partial charge in [-0.2, -0.15) is 5.10 Å². The molecule has 0 amide bonds. The highest BCUT2D eigenvalue weighted by Crippen LogP contribution is 2.64. The van der Waals surface area contributed by atoms with Crippen molar-refractivity contribution in [2.75, 3.05) is 0 Å². The largest absolute Gasteiger partial charge is 0.481 e. The molecule has 0 bridgehead atoms. The normalized spacial score (nSPS) is 30.0. The first kappa shape index (κ1) is 13.5. The van der Waals surface area contributed by atoms with Gasteiger partial charge in [0.1, 0.15) is 0 Å². The van der Waals surface area contributed by atoms with Crippen molar-refractivity contribution in [2.45, 2.75) is 38.0 Å². The van der Waals surface area contributed by atoms with Gasteiger partial charge in [-0.25, -0.2) is 5.10 Å². The summed E-state index contributed by atoms with van der Waals surface area (Å²) < 4.78 is 0. The summed E-state index contributed by atoms with van der Waals surface area (Å²) in [4.78, 5) is 22.6. The topological polar surface area (TPSA) is 83.0 Å². The molecule has 0 radical (unpaired) electrons. The van der Waals surface area contributed by atoms with Gasteiger partial charge in [-0.15, -0.1) is 0 Å². The minimum atomic E-state index is -0.691. The van der Waals surface area contributed by atoms with Gasteiger partial charge in [0.05, 0.1) is 11.1 Å². The number of nitrogens with zero attached hydrogens (tertiary/aromatic N) is 1. The maximum atomic E-state index is 11.8. The minimum Gasteiger partial charge on any atom is -0.481 e. The molecule has 2 saturated carbocycles. The van der Waals surface area contributed by atoms with E-state index < -0.39 is 5.97 Å². The van der Waals surface area contributed by atoms with Gasteiger partial charge in [-0.3, -0.25) is 9.59 Å². The second-order valence-corrected chi connectivity index (χ2v) is 6.96. The van der Waals surface area contributed by atoms with Gasteiger partial charge in [-0.05, 0) is 43.1 Å². The molecule has 0 atom stereocenters. The lowest BCUT2D eigenvalue weighted by molar-refractivity contribution is -0.142. The van der Waals surface area contributed by atoms with E-state index in [0.29, 0.717) is 29.1 Å². The van der Waals surface area contributed by atoms with Crippen molar-refractivity contribution >= 4 is 16.7 Å². The summed E-state index contributed by atoms with van der Waals surface area (Å²) in [6.45, 7) is 0. The summed E-state index contributed by atoms with van der Waals surface area (Å²) in [5, 5.41) is 17.4. The Morgan fingerprint density at radius 1 is 1.23 bits per heavy atom. The molecular weight excluding hydrogens is 280 g/mol. The van der Waals surface area contributed by atoms with Gasteiger partial charge >= 0.3 is 5.97 Å². The fourth-order valence-electron chi connectivity index (χ4n) is 4.52. The van der Waals surface area contributed by atoms with E-state index >= 15 is 0 Å². The second-order valence-electron chi connectivity index (χ2n) is 6.96. The number of aromatic nitrogens is 2. The zero-order chi connectivity index (χ0) is 15.3. The van der Waals surface area contributed by atoms with E-state index in [-0.39, 0.29) is 5.56 Å². The quantitative estimate of drug-likeness (QED) is 0.912. The Morgan fingerprint density at radius 3 is 2.59 bits per heavy atom. The average Bonchev–Trinajstić information content (AvgIpc) is 2.41. The molecule has 0 aliphatic heterocycles. The number of hydrogen-bond acceptors (Lipinski definition) is 3. The highest BCUT2D eigenvalue weighted by atomic mass is 16.4. The number of carboxylic acid groups (broad SMARTS) is 1. The van der Waals surface area contributed by atoms with E-state index in [9.17, 15) is 9.59 Å². The van der Waals surface area contributed by atoms with Crippen LogP contribution < -0.4 is 5.56 Å². The number of aliphatic carboxylic acids is 1. The summed E-state index contributed by atoms with van der Waals surface area (Å²) in [5.74, 6) is 0.0373. The molecule has 1 heterocycles. The number of aromatic amines is 1. The fraction of sp³-hybridized carbons (Fsp3) is 0.471. The third-order valence-corrected chi connectivity index (χ3v) is 5.38. The molecule has 0 unspecified atom stereocenters. The molecule has 1 spiro atoms. The number of carboxylic acids is 1. The van der Waals surface area contributed by atoms with Gasteiger partial charge in [0, 0.05) is 17.7 Å². The van der Waals surface area contributed by atoms with Crippen molar-refractivity contribution in [3.8, 4) is 0 Å². The van der Waals surface area contributed by atoms with E-state index in [1.165, 1.54) is 0 Å². The SMILES string of the molecule is O=C(O)CC1CC2(C1)CC(c1n[nH]c(=O)c3ccccc13)C2. The zero-order valence-electron chi connectivity index (χ0n) is 12.2. The maximum absolute atomic E-state index is 11.8. The van der Waals surface area contributed by atoms with E-state index in [1.807, 2.05) is 24.3 Å². The number of H-pyrrole nitrogens is 1. The van der Waals surface area contributed by atoms with Crippen LogP contribution in [-0.2, 0) is 4.79 Å². The molecule has 2 aromatic rings. The third-order valence-electron chi connectivity index (χ3n) is 5.38. The van der Waals surface area contributed by atoms with Crippen LogP contribution in [0, 0.1) is 11.3 Å². The number of benzene rings is 1. The van der Waals surface area contributed by atoms with Gasteiger partial charge in [0.2, 0.25) is 0 Å². The van der Waals surface area contributed by atoms with Crippen molar-refractivity contribution in [1.29, 1.82) is 0 Å². The highest BCUT2D eigenvalue weighted by Gasteiger charge is 2.53. The Kier molecular flexibility index (Phi) is 2.86. The van der Waals surface area contributed by atoms with Crippen LogP contribution in [0.2, 0.25) is 0 Å². The number of rotatable bonds is 3. The van der Waals surface area contributed by atoms with Gasteiger partial charge in [-0.1, -0.05) is 18.2 Å². The Hall–Kier alpha value is -2.17. The van der Waals surface area contributed by atoms with Crippen LogP contribution in [0.25, 0.3) is 10.8 Å². The summed E-state index contributed by atoms with van der Waals surface area (Å²) in [5.41, 5.74) is 1.19. The predicted molar refractivity (Wildman–Crippen MR) is 81.7 cm³/mol. The van der Waals surface area contributed by atoms with E-state index in [0.717, 1.165) is 36.8 Å². The van der Waals surface area contributed by atoms with Crippen LogP contribution in [-0.4, -0.2) is 21.3 Å². The Bertz CT molecular complexity index is 797. The van der Waals surface area contributed by atoms with Crippen LogP contribution >= 0.6 is 0 Å². The molecule has 2 aliphatic rings. The van der Waals surface area contributed by atoms with Crippen LogP contribution in [0.15, 0.2) is 29.1 Å². The molecule has 5 heteroatoms. The average molecular weight is 298 g/mol. The molecule has 1 aromatic heterocycles. The second kappa shape index (κ2) is 4.66. The first-order chi connectivity index (χ1) is 10.6. The summed E-state index contributed by atoms with van der Waals surface area (Å²) in [6.07, 6.45) is 4.47. The lowest BCUT2D eigenvalue weighted by Crippen LogP contribution is -2.47. The Morgan fingerprint density at radius 2 is 1.91 bits per heavy atom. The molecule has 2 N–H and O–H groups in total. The molecule has 5 nitrogen and oxygen atoms in total. The molecular formula is C17H18N2O3. The summed E-state index contributed by atoms with van der Waals surface area (Å²) in [6, 6.07) is 7.60. The minimum absolute atomic E-state index is 0.140. The molecule has 114 valence electrons. The lowest BCUT2D eigenvalue weighted by Gasteiger charge is -2.57. The van der Waals surface area contributed by atoms with Crippen molar-refractivity contribution in [2.24, 2.45) is 11.3 Å². The first-order valence-electron chi connectivity index (χ1n) is 7.75. The van der Waals surface area contributed by atoms with Crippen molar-refractivity contribution < 1.29 is 9.90 Å². The maximum Gasteiger partial charge on any atom is 0.303 e. The number of carbonyl (C=O) groups is 1. The molecule has 4 rings (SSSR count). The van der Waals surface area contributed by atoms with E-state index in [2.05, 4.69) is 10.2 Å². The number of nitrogens with one attached hydrogen (secondary N) is 1. The lowest BCUT2D eigenvalue weighted by atomic mass is 9.47. The summed E-state index contributed by atoms with van der Waals surface area (Å²) >= 11 is 0.